The number of nitrogens with zero attached hydrogens (tertiary/aromatic N) is 3. The molecule has 0 unspecified atom stereocenters. The van der Waals surface area contributed by atoms with Gasteiger partial charge in [-0.15, -0.1) is 0 Å². The van der Waals surface area contributed by atoms with Crippen molar-refractivity contribution in [3.8, 4) is 11.8 Å². The number of nitriles is 1. The molecular formula is C19H24N6O4S. The summed E-state index contributed by atoms with van der Waals surface area (Å²) >= 11 is 0. The van der Waals surface area contributed by atoms with Gasteiger partial charge >= 0.3 is 0 Å². The Kier molecular flexibility index (Phi) is 6.59. The number of nitrogens with one attached hydrogen (secondary N) is 2. The SMILES string of the molecule is COc1ccc(C(=O)NCCCc2[nH]nc(N)c2C#N)cc1S(=O)(=O)N1CCCC1. The first-order chi connectivity index (χ1) is 14.4. The average molecular weight is 433 g/mol. The highest BCUT2D eigenvalue weighted by Gasteiger charge is 2.30. The molecule has 160 valence electrons. The summed E-state index contributed by atoms with van der Waals surface area (Å²) in [5, 5.41) is 18.3. The number of aryl methyl sites for hydroxylation is 1. The molecule has 4 N–H and O–H groups in total. The maximum atomic E-state index is 12.9. The quantitative estimate of drug-likeness (QED) is 0.526. The van der Waals surface area contributed by atoms with Gasteiger partial charge in [0.05, 0.1) is 12.8 Å². The minimum Gasteiger partial charge on any atom is -0.495 e. The molecule has 3 rings (SSSR count). The molecule has 1 aromatic heterocycles. The van der Waals surface area contributed by atoms with Crippen LogP contribution in [0.25, 0.3) is 0 Å². The number of rotatable bonds is 8. The van der Waals surface area contributed by atoms with Crippen LogP contribution in [0, 0.1) is 11.3 Å². The number of carbonyl (C=O) groups excluding carboxylic acids is 1. The Morgan fingerprint density at radius 2 is 2.13 bits per heavy atom. The smallest absolute Gasteiger partial charge is 0.251 e. The van der Waals surface area contributed by atoms with Gasteiger partial charge < -0.3 is 15.8 Å². The van der Waals surface area contributed by atoms with Crippen molar-refractivity contribution in [3.05, 3.63) is 35.0 Å². The summed E-state index contributed by atoms with van der Waals surface area (Å²) in [7, 11) is -2.33. The standard InChI is InChI=1S/C19H24N6O4S/c1-29-16-7-6-13(11-17(16)30(27,28)25-9-2-3-10-25)19(26)22-8-4-5-15-14(12-20)18(21)24-23-15/h6-7,11H,2-5,8-10H2,1H3,(H,22,26)(H3,21,23,24). The van der Waals surface area contributed by atoms with Crippen LogP contribution in [0.2, 0.25) is 0 Å². The Morgan fingerprint density at radius 1 is 1.40 bits per heavy atom. The van der Waals surface area contributed by atoms with Crippen molar-refractivity contribution in [3.63, 3.8) is 0 Å². The van der Waals surface area contributed by atoms with Gasteiger partial charge in [0.1, 0.15) is 22.3 Å². The van der Waals surface area contributed by atoms with E-state index in [0.29, 0.717) is 43.7 Å². The Hall–Kier alpha value is -3.10. The van der Waals surface area contributed by atoms with E-state index in [2.05, 4.69) is 15.5 Å². The van der Waals surface area contributed by atoms with Gasteiger partial charge in [-0.1, -0.05) is 0 Å². The van der Waals surface area contributed by atoms with Crippen LogP contribution in [0.5, 0.6) is 5.75 Å². The van der Waals surface area contributed by atoms with Crippen molar-refractivity contribution in [2.75, 3.05) is 32.5 Å². The highest BCUT2D eigenvalue weighted by molar-refractivity contribution is 7.89. The minimum absolute atomic E-state index is 0.00820. The maximum Gasteiger partial charge on any atom is 0.251 e. The fourth-order valence-electron chi connectivity index (χ4n) is 3.36. The van der Waals surface area contributed by atoms with Crippen molar-refractivity contribution in [1.82, 2.24) is 19.8 Å². The lowest BCUT2D eigenvalue weighted by atomic mass is 10.1. The van der Waals surface area contributed by atoms with Gasteiger partial charge in [-0.05, 0) is 43.9 Å². The third-order valence-corrected chi connectivity index (χ3v) is 6.90. The van der Waals surface area contributed by atoms with E-state index in [9.17, 15) is 13.2 Å². The lowest BCUT2D eigenvalue weighted by Crippen LogP contribution is -2.29. The number of aromatic nitrogens is 2. The van der Waals surface area contributed by atoms with Crippen LogP contribution >= 0.6 is 0 Å². The fraction of sp³-hybridized carbons (Fsp3) is 0.421. The molecule has 0 spiro atoms. The van der Waals surface area contributed by atoms with Gasteiger partial charge in [-0.25, -0.2) is 8.42 Å². The zero-order valence-corrected chi connectivity index (χ0v) is 17.5. The van der Waals surface area contributed by atoms with E-state index in [4.69, 9.17) is 15.7 Å². The minimum atomic E-state index is -3.73. The molecule has 0 saturated carbocycles. The molecule has 30 heavy (non-hydrogen) atoms. The lowest BCUT2D eigenvalue weighted by molar-refractivity contribution is 0.0953. The summed E-state index contributed by atoms with van der Waals surface area (Å²) in [6.07, 6.45) is 2.68. The van der Waals surface area contributed by atoms with Crippen molar-refractivity contribution >= 4 is 21.7 Å². The summed E-state index contributed by atoms with van der Waals surface area (Å²) in [6, 6.07) is 6.37. The summed E-state index contributed by atoms with van der Waals surface area (Å²) in [5.74, 6) is -0.0269. The van der Waals surface area contributed by atoms with E-state index >= 15 is 0 Å². The molecule has 1 aliphatic heterocycles. The second kappa shape index (κ2) is 9.15. The Bertz CT molecular complexity index is 1070. The summed E-state index contributed by atoms with van der Waals surface area (Å²) in [5.41, 5.74) is 6.77. The van der Waals surface area contributed by atoms with E-state index in [1.807, 2.05) is 6.07 Å². The van der Waals surface area contributed by atoms with Gasteiger partial charge in [0.15, 0.2) is 5.82 Å². The van der Waals surface area contributed by atoms with Crippen molar-refractivity contribution in [2.45, 2.75) is 30.6 Å². The predicted octanol–water partition coefficient (Wildman–Crippen LogP) is 1.02. The average Bonchev–Trinajstić information content (AvgIpc) is 3.41. The van der Waals surface area contributed by atoms with Crippen molar-refractivity contribution in [1.29, 1.82) is 5.26 Å². The van der Waals surface area contributed by atoms with E-state index in [0.717, 1.165) is 12.8 Å². The van der Waals surface area contributed by atoms with Crippen molar-refractivity contribution < 1.29 is 17.9 Å². The molecule has 1 saturated heterocycles. The highest BCUT2D eigenvalue weighted by Crippen LogP contribution is 2.29. The third kappa shape index (κ3) is 4.39. The Morgan fingerprint density at radius 3 is 2.80 bits per heavy atom. The Labute approximate surface area is 175 Å². The van der Waals surface area contributed by atoms with E-state index in [-0.39, 0.29) is 27.9 Å². The number of hydrogen-bond acceptors (Lipinski definition) is 7. The van der Waals surface area contributed by atoms with Crippen LogP contribution in [0.1, 0.15) is 40.9 Å². The first-order valence-corrected chi connectivity index (χ1v) is 11.0. The van der Waals surface area contributed by atoms with E-state index < -0.39 is 10.0 Å². The number of carbonyl (C=O) groups is 1. The number of hydrogen-bond donors (Lipinski definition) is 3. The number of methoxy groups -OCH3 is 1. The molecular weight excluding hydrogens is 408 g/mol. The predicted molar refractivity (Wildman–Crippen MR) is 109 cm³/mol. The van der Waals surface area contributed by atoms with Crippen LogP contribution in [0.3, 0.4) is 0 Å². The molecule has 1 aliphatic rings. The monoisotopic (exact) mass is 432 g/mol. The lowest BCUT2D eigenvalue weighted by Gasteiger charge is -2.18. The van der Waals surface area contributed by atoms with Gasteiger partial charge in [-0.2, -0.15) is 14.7 Å². The van der Waals surface area contributed by atoms with Crippen LogP contribution in [-0.4, -0.2) is 55.6 Å². The Balaban J connectivity index is 1.66. The molecule has 2 aromatic rings. The summed E-state index contributed by atoms with van der Waals surface area (Å²) in [6.45, 7) is 1.26. The molecule has 0 atom stereocenters. The molecule has 10 nitrogen and oxygen atoms in total. The number of sulfonamides is 1. The van der Waals surface area contributed by atoms with Gasteiger partial charge in [0.2, 0.25) is 10.0 Å². The van der Waals surface area contributed by atoms with Crippen LogP contribution in [0.4, 0.5) is 5.82 Å². The van der Waals surface area contributed by atoms with E-state index in [1.54, 1.807) is 0 Å². The summed E-state index contributed by atoms with van der Waals surface area (Å²) < 4.78 is 32.5. The number of nitrogen functional groups attached to an aromatic ring is 1. The first-order valence-electron chi connectivity index (χ1n) is 9.57. The van der Waals surface area contributed by atoms with Crippen LogP contribution in [0.15, 0.2) is 23.1 Å². The molecule has 1 fully saturated rings. The number of ether oxygens (including phenoxy) is 1. The molecule has 2 heterocycles. The summed E-state index contributed by atoms with van der Waals surface area (Å²) in [4.78, 5) is 12.5. The number of nitrogens with two attached hydrogens (primary N) is 1. The zero-order valence-electron chi connectivity index (χ0n) is 16.6. The largest absolute Gasteiger partial charge is 0.495 e. The highest BCUT2D eigenvalue weighted by atomic mass is 32.2. The number of aromatic amines is 1. The topological polar surface area (TPSA) is 154 Å². The molecule has 0 radical (unpaired) electrons. The zero-order chi connectivity index (χ0) is 21.7. The third-order valence-electron chi connectivity index (χ3n) is 4.98. The second-order valence-corrected chi connectivity index (χ2v) is 8.82. The van der Waals surface area contributed by atoms with Gasteiger partial charge in [-0.3, -0.25) is 9.89 Å². The van der Waals surface area contributed by atoms with E-state index in [1.165, 1.54) is 29.6 Å². The number of anilines is 1. The van der Waals surface area contributed by atoms with Crippen molar-refractivity contribution in [2.24, 2.45) is 0 Å². The molecule has 0 bridgehead atoms. The molecule has 1 aromatic carbocycles. The molecule has 1 amide bonds. The normalized spacial score (nSPS) is 14.4. The first kappa shape index (κ1) is 21.6. The van der Waals surface area contributed by atoms with Gasteiger partial charge in [0, 0.05) is 25.2 Å². The van der Waals surface area contributed by atoms with Crippen LogP contribution in [-0.2, 0) is 16.4 Å². The number of H-pyrrole nitrogens is 1. The maximum absolute atomic E-state index is 12.9. The molecule has 11 heteroatoms. The van der Waals surface area contributed by atoms with Gasteiger partial charge in [0.25, 0.3) is 5.91 Å². The fourth-order valence-corrected chi connectivity index (χ4v) is 5.05. The number of benzene rings is 1. The second-order valence-electron chi connectivity index (χ2n) is 6.91. The van der Waals surface area contributed by atoms with Crippen LogP contribution < -0.4 is 15.8 Å². The number of amides is 1. The molecule has 0 aliphatic carbocycles.